The average Bonchev–Trinajstić information content (AvgIpc) is 2.99. The minimum Gasteiger partial charge on any atom is -0.355 e. The molecule has 0 bridgehead atoms. The van der Waals surface area contributed by atoms with Crippen LogP contribution in [0.15, 0.2) is 58.2 Å². The number of nitrogens with zero attached hydrogens (tertiary/aromatic N) is 4. The molecule has 2 aromatic rings. The smallest absolute Gasteiger partial charge is 0.253 e. The standard InChI is InChI=1S/C17H18BrN3O.C3H7N3/c18-15-8-4-9-16(19-15)20-10-5-11-21(13-12-20)17(22)14-6-2-1-3-7-14;1-5-6-3-2-4/h1-4,6-9H,5,10-13H2;2-5H,1H3/b;4-2?,6-3-. The van der Waals surface area contributed by atoms with Crippen molar-refractivity contribution in [3.63, 3.8) is 0 Å². The van der Waals surface area contributed by atoms with Crippen molar-refractivity contribution in [2.75, 3.05) is 38.1 Å². The van der Waals surface area contributed by atoms with Crippen molar-refractivity contribution in [3.8, 4) is 0 Å². The molecule has 0 atom stereocenters. The average molecular weight is 445 g/mol. The molecule has 28 heavy (non-hydrogen) atoms. The van der Waals surface area contributed by atoms with Gasteiger partial charge in [0.05, 0.1) is 6.21 Å². The molecule has 8 heteroatoms. The molecule has 1 aromatic carbocycles. The van der Waals surface area contributed by atoms with Crippen LogP contribution in [0.2, 0.25) is 0 Å². The van der Waals surface area contributed by atoms with E-state index in [0.29, 0.717) is 0 Å². The first kappa shape index (κ1) is 21.6. The third-order valence-electron chi connectivity index (χ3n) is 4.11. The number of nitrogens with one attached hydrogen (secondary N) is 2. The molecule has 1 fully saturated rings. The Hall–Kier alpha value is -2.74. The monoisotopic (exact) mass is 444 g/mol. The van der Waals surface area contributed by atoms with Crippen molar-refractivity contribution in [1.29, 1.82) is 5.41 Å². The Morgan fingerprint density at radius 2 is 1.93 bits per heavy atom. The second kappa shape index (κ2) is 11.9. The summed E-state index contributed by atoms with van der Waals surface area (Å²) in [5.41, 5.74) is 3.25. The molecule has 1 aliphatic rings. The van der Waals surface area contributed by atoms with E-state index in [9.17, 15) is 4.79 Å². The van der Waals surface area contributed by atoms with Crippen LogP contribution in [0, 0.1) is 5.41 Å². The van der Waals surface area contributed by atoms with E-state index in [-0.39, 0.29) is 5.91 Å². The van der Waals surface area contributed by atoms with Crippen molar-refractivity contribution >= 4 is 40.1 Å². The Morgan fingerprint density at radius 1 is 1.14 bits per heavy atom. The van der Waals surface area contributed by atoms with Gasteiger partial charge in [-0.2, -0.15) is 5.10 Å². The first-order valence-electron chi connectivity index (χ1n) is 9.06. The highest BCUT2D eigenvalue weighted by Crippen LogP contribution is 2.17. The van der Waals surface area contributed by atoms with Gasteiger partial charge in [0.1, 0.15) is 10.4 Å². The maximum atomic E-state index is 12.5. The maximum Gasteiger partial charge on any atom is 0.253 e. The lowest BCUT2D eigenvalue weighted by Crippen LogP contribution is -2.35. The topological polar surface area (TPSA) is 84.7 Å². The number of carbonyl (C=O) groups is 1. The lowest BCUT2D eigenvalue weighted by Gasteiger charge is -2.23. The molecule has 148 valence electrons. The Balaban J connectivity index is 0.000000409. The number of aromatic nitrogens is 1. The van der Waals surface area contributed by atoms with E-state index >= 15 is 0 Å². The fourth-order valence-electron chi connectivity index (χ4n) is 2.80. The third kappa shape index (κ3) is 6.77. The highest BCUT2D eigenvalue weighted by molar-refractivity contribution is 9.10. The molecule has 0 spiro atoms. The number of hydrazone groups is 1. The molecule has 1 aliphatic heterocycles. The molecule has 3 rings (SSSR count). The van der Waals surface area contributed by atoms with Gasteiger partial charge in [0.25, 0.3) is 5.91 Å². The Labute approximate surface area is 174 Å². The van der Waals surface area contributed by atoms with Gasteiger partial charge in [-0.05, 0) is 46.6 Å². The van der Waals surface area contributed by atoms with Crippen molar-refractivity contribution in [2.45, 2.75) is 6.42 Å². The summed E-state index contributed by atoms with van der Waals surface area (Å²) < 4.78 is 0.839. The van der Waals surface area contributed by atoms with Crippen molar-refractivity contribution in [1.82, 2.24) is 15.3 Å². The van der Waals surface area contributed by atoms with Crippen LogP contribution in [0.25, 0.3) is 0 Å². The predicted molar refractivity (Wildman–Crippen MR) is 117 cm³/mol. The van der Waals surface area contributed by atoms with E-state index in [1.165, 1.54) is 6.21 Å². The summed E-state index contributed by atoms with van der Waals surface area (Å²) in [6.45, 7) is 3.24. The Kier molecular flexibility index (Phi) is 9.14. The lowest BCUT2D eigenvalue weighted by molar-refractivity contribution is 0.0767. The zero-order chi connectivity index (χ0) is 20.2. The van der Waals surface area contributed by atoms with Gasteiger partial charge in [-0.15, -0.1) is 0 Å². The van der Waals surface area contributed by atoms with E-state index in [1.54, 1.807) is 7.05 Å². The van der Waals surface area contributed by atoms with E-state index in [0.717, 1.165) is 54.8 Å². The summed E-state index contributed by atoms with van der Waals surface area (Å²) in [5.74, 6) is 1.08. The molecule has 2 heterocycles. The number of halogens is 1. The number of pyridine rings is 1. The second-order valence-electron chi connectivity index (χ2n) is 5.99. The lowest BCUT2D eigenvalue weighted by atomic mass is 10.2. The minimum atomic E-state index is 0.115. The van der Waals surface area contributed by atoms with Gasteiger partial charge in [0, 0.05) is 45.0 Å². The van der Waals surface area contributed by atoms with Crippen molar-refractivity contribution in [2.24, 2.45) is 5.10 Å². The van der Waals surface area contributed by atoms with E-state index in [1.807, 2.05) is 53.4 Å². The van der Waals surface area contributed by atoms with Crippen LogP contribution in [0.5, 0.6) is 0 Å². The zero-order valence-electron chi connectivity index (χ0n) is 15.9. The normalized spacial score (nSPS) is 14.1. The predicted octanol–water partition coefficient (Wildman–Crippen LogP) is 3.04. The second-order valence-corrected chi connectivity index (χ2v) is 6.80. The summed E-state index contributed by atoms with van der Waals surface area (Å²) in [4.78, 5) is 21.2. The number of benzene rings is 1. The first-order chi connectivity index (χ1) is 13.7. The largest absolute Gasteiger partial charge is 0.355 e. The fraction of sp³-hybridized carbons (Fsp3) is 0.300. The minimum absolute atomic E-state index is 0.115. The van der Waals surface area contributed by atoms with E-state index < -0.39 is 0 Å². The van der Waals surface area contributed by atoms with Gasteiger partial charge in [-0.1, -0.05) is 24.3 Å². The van der Waals surface area contributed by atoms with E-state index in [4.69, 9.17) is 5.41 Å². The number of amides is 1. The molecule has 0 radical (unpaired) electrons. The third-order valence-corrected chi connectivity index (χ3v) is 4.55. The summed E-state index contributed by atoms with van der Waals surface area (Å²) in [6.07, 6.45) is 3.42. The summed E-state index contributed by atoms with van der Waals surface area (Å²) in [7, 11) is 1.68. The molecule has 1 amide bonds. The molecule has 1 aromatic heterocycles. The zero-order valence-corrected chi connectivity index (χ0v) is 17.5. The maximum absolute atomic E-state index is 12.5. The van der Waals surface area contributed by atoms with Crippen LogP contribution < -0.4 is 10.3 Å². The van der Waals surface area contributed by atoms with Crippen LogP contribution in [0.1, 0.15) is 16.8 Å². The Morgan fingerprint density at radius 3 is 2.57 bits per heavy atom. The van der Waals surface area contributed by atoms with Gasteiger partial charge in [0.2, 0.25) is 0 Å². The van der Waals surface area contributed by atoms with Gasteiger partial charge < -0.3 is 20.6 Å². The van der Waals surface area contributed by atoms with Crippen LogP contribution in [0.3, 0.4) is 0 Å². The van der Waals surface area contributed by atoms with Crippen LogP contribution >= 0.6 is 15.9 Å². The van der Waals surface area contributed by atoms with E-state index in [2.05, 4.69) is 36.3 Å². The van der Waals surface area contributed by atoms with Gasteiger partial charge in [0.15, 0.2) is 0 Å². The number of rotatable bonds is 4. The highest BCUT2D eigenvalue weighted by Gasteiger charge is 2.20. The molecule has 7 nitrogen and oxygen atoms in total. The van der Waals surface area contributed by atoms with Crippen LogP contribution in [-0.2, 0) is 0 Å². The molecule has 0 saturated carbocycles. The van der Waals surface area contributed by atoms with Gasteiger partial charge in [-0.25, -0.2) is 4.98 Å². The summed E-state index contributed by atoms with van der Waals surface area (Å²) in [5, 5.41) is 9.86. The molecule has 2 N–H and O–H groups in total. The molecule has 0 unspecified atom stereocenters. The number of hydrogen-bond acceptors (Lipinski definition) is 6. The quantitative estimate of drug-likeness (QED) is 0.431. The van der Waals surface area contributed by atoms with Crippen molar-refractivity contribution < 1.29 is 4.79 Å². The van der Waals surface area contributed by atoms with Crippen molar-refractivity contribution in [3.05, 3.63) is 58.7 Å². The van der Waals surface area contributed by atoms with Gasteiger partial charge >= 0.3 is 0 Å². The summed E-state index contributed by atoms with van der Waals surface area (Å²) in [6, 6.07) is 15.4. The molecular formula is C20H25BrN6O. The fourth-order valence-corrected chi connectivity index (χ4v) is 3.13. The molecule has 0 aliphatic carbocycles. The SMILES string of the molecule is CN/N=C\C=N.O=C(c1ccccc1)N1CCCN(c2cccc(Br)n2)CC1. The first-order valence-corrected chi connectivity index (χ1v) is 9.85. The highest BCUT2D eigenvalue weighted by atomic mass is 79.9. The number of carbonyl (C=O) groups excluding carboxylic acids is 1. The summed E-state index contributed by atoms with van der Waals surface area (Å²) >= 11 is 3.41. The molecule has 1 saturated heterocycles. The number of hydrogen-bond donors (Lipinski definition) is 2. The molecular weight excluding hydrogens is 420 g/mol. The van der Waals surface area contributed by atoms with Crippen LogP contribution in [0.4, 0.5) is 5.82 Å². The van der Waals surface area contributed by atoms with Gasteiger partial charge in [-0.3, -0.25) is 4.79 Å². The van der Waals surface area contributed by atoms with Crippen LogP contribution in [-0.4, -0.2) is 61.4 Å². The Bertz CT molecular complexity index is 783. The number of anilines is 1.